The molecule has 1 aliphatic rings. The van der Waals surface area contributed by atoms with Crippen LogP contribution in [0.4, 0.5) is 4.39 Å². The summed E-state index contributed by atoms with van der Waals surface area (Å²) in [5.41, 5.74) is -0.602. The summed E-state index contributed by atoms with van der Waals surface area (Å²) in [6.07, 6.45) is 4.36. The average Bonchev–Trinajstić information content (AvgIpc) is 2.97. The molecule has 0 spiro atoms. The molecule has 0 radical (unpaired) electrons. The zero-order valence-electron chi connectivity index (χ0n) is 13.5. The van der Waals surface area contributed by atoms with E-state index in [1.165, 1.54) is 6.07 Å². The lowest BCUT2D eigenvalue weighted by molar-refractivity contribution is -0.135. The summed E-state index contributed by atoms with van der Waals surface area (Å²) in [7, 11) is 1.84. The lowest BCUT2D eigenvalue weighted by Crippen LogP contribution is -2.46. The Morgan fingerprint density at radius 1 is 1.33 bits per heavy atom. The lowest BCUT2D eigenvalue weighted by Gasteiger charge is -2.37. The molecule has 0 aliphatic carbocycles. The van der Waals surface area contributed by atoms with Gasteiger partial charge in [-0.1, -0.05) is 18.2 Å². The number of aliphatic hydroxyl groups is 1. The van der Waals surface area contributed by atoms with Crippen LogP contribution in [0.1, 0.15) is 24.2 Å². The van der Waals surface area contributed by atoms with E-state index < -0.39 is 5.60 Å². The van der Waals surface area contributed by atoms with Crippen LogP contribution in [0.5, 0.6) is 0 Å². The molecule has 1 saturated heterocycles. The molecule has 1 N–H and O–H groups in total. The number of hydrogen-bond acceptors (Lipinski definition) is 3. The first-order valence-electron chi connectivity index (χ1n) is 7.71. The van der Waals surface area contributed by atoms with E-state index in [1.807, 2.05) is 7.05 Å². The molecule has 1 amide bonds. The maximum atomic E-state index is 13.6. The summed E-state index contributed by atoms with van der Waals surface area (Å²) in [5, 5.41) is 10.8. The first-order chi connectivity index (χ1) is 11.0. The molecule has 0 saturated carbocycles. The molecule has 1 aromatic carbocycles. The normalized spacial score (nSPS) is 16.5. The summed E-state index contributed by atoms with van der Waals surface area (Å²) >= 11 is 0. The fourth-order valence-electron chi connectivity index (χ4n) is 3.08. The second-order valence-electron chi connectivity index (χ2n) is 6.04. The van der Waals surface area contributed by atoms with Gasteiger partial charge in [0.25, 0.3) is 0 Å². The van der Waals surface area contributed by atoms with E-state index in [1.54, 1.807) is 40.1 Å². The van der Waals surface area contributed by atoms with E-state index in [4.69, 9.17) is 0 Å². The third-order valence-corrected chi connectivity index (χ3v) is 4.48. The smallest absolute Gasteiger partial charge is 0.227 e. The van der Waals surface area contributed by atoms with Crippen LogP contribution in [0, 0.1) is 5.82 Å². The highest BCUT2D eigenvalue weighted by Gasteiger charge is 2.38. The molecule has 5 nitrogen and oxygen atoms in total. The van der Waals surface area contributed by atoms with Crippen LogP contribution in [0.3, 0.4) is 0 Å². The SMILES string of the molecule is Cl.Cn1ccnc1C1(O)CCN(C(=O)Cc2ccccc2F)CC1. The minimum atomic E-state index is -1.01. The minimum absolute atomic E-state index is 0. The van der Waals surface area contributed by atoms with Gasteiger partial charge in [0.15, 0.2) is 0 Å². The number of aryl methyl sites for hydroxylation is 1. The average molecular weight is 354 g/mol. The number of likely N-dealkylation sites (tertiary alicyclic amines) is 1. The number of aromatic nitrogens is 2. The number of amides is 1. The van der Waals surface area contributed by atoms with Gasteiger partial charge in [0.2, 0.25) is 5.91 Å². The quantitative estimate of drug-likeness (QED) is 0.918. The largest absolute Gasteiger partial charge is 0.382 e. The Hall–Kier alpha value is -1.92. The number of imidazole rings is 1. The van der Waals surface area contributed by atoms with Crippen molar-refractivity contribution in [2.45, 2.75) is 24.9 Å². The third kappa shape index (κ3) is 3.60. The molecular weight excluding hydrogens is 333 g/mol. The molecule has 7 heteroatoms. The highest BCUT2D eigenvalue weighted by atomic mass is 35.5. The van der Waals surface area contributed by atoms with Crippen molar-refractivity contribution in [3.05, 3.63) is 53.9 Å². The van der Waals surface area contributed by atoms with Crippen molar-refractivity contribution in [2.24, 2.45) is 7.05 Å². The van der Waals surface area contributed by atoms with Crippen LogP contribution in [0.15, 0.2) is 36.7 Å². The fraction of sp³-hybridized carbons (Fsp3) is 0.412. The first kappa shape index (κ1) is 18.4. The van der Waals surface area contributed by atoms with Gasteiger partial charge in [0.1, 0.15) is 17.2 Å². The zero-order chi connectivity index (χ0) is 16.4. The van der Waals surface area contributed by atoms with Gasteiger partial charge in [-0.15, -0.1) is 12.4 Å². The van der Waals surface area contributed by atoms with Crippen molar-refractivity contribution < 1.29 is 14.3 Å². The summed E-state index contributed by atoms with van der Waals surface area (Å²) < 4.78 is 15.5. The molecule has 3 rings (SSSR count). The topological polar surface area (TPSA) is 58.4 Å². The van der Waals surface area contributed by atoms with Crippen molar-refractivity contribution in [2.75, 3.05) is 13.1 Å². The Morgan fingerprint density at radius 3 is 2.58 bits per heavy atom. The van der Waals surface area contributed by atoms with Crippen LogP contribution in [-0.2, 0) is 23.9 Å². The number of hydrogen-bond donors (Lipinski definition) is 1. The van der Waals surface area contributed by atoms with Gasteiger partial charge in [-0.2, -0.15) is 0 Å². The van der Waals surface area contributed by atoms with Gasteiger partial charge in [-0.05, 0) is 11.6 Å². The van der Waals surface area contributed by atoms with Gasteiger partial charge in [0.05, 0.1) is 6.42 Å². The van der Waals surface area contributed by atoms with Crippen LogP contribution in [0.25, 0.3) is 0 Å². The number of benzene rings is 1. The van der Waals surface area contributed by atoms with Crippen molar-refractivity contribution in [1.29, 1.82) is 0 Å². The molecule has 2 heterocycles. The highest BCUT2D eigenvalue weighted by molar-refractivity contribution is 5.85. The Balaban J connectivity index is 0.00000208. The van der Waals surface area contributed by atoms with E-state index in [0.717, 1.165) is 0 Å². The first-order valence-corrected chi connectivity index (χ1v) is 7.71. The van der Waals surface area contributed by atoms with E-state index in [2.05, 4.69) is 4.98 Å². The third-order valence-electron chi connectivity index (χ3n) is 4.48. The fourth-order valence-corrected chi connectivity index (χ4v) is 3.08. The Bertz CT molecular complexity index is 711. The van der Waals surface area contributed by atoms with Crippen molar-refractivity contribution in [3.63, 3.8) is 0 Å². The van der Waals surface area contributed by atoms with E-state index in [-0.39, 0.29) is 30.6 Å². The van der Waals surface area contributed by atoms with Crippen molar-refractivity contribution in [3.8, 4) is 0 Å². The summed E-state index contributed by atoms with van der Waals surface area (Å²) in [5.74, 6) is 0.151. The van der Waals surface area contributed by atoms with E-state index >= 15 is 0 Å². The number of rotatable bonds is 3. The van der Waals surface area contributed by atoms with Gasteiger partial charge in [-0.3, -0.25) is 4.79 Å². The molecule has 1 aromatic heterocycles. The Labute approximate surface area is 146 Å². The van der Waals surface area contributed by atoms with Crippen molar-refractivity contribution in [1.82, 2.24) is 14.5 Å². The summed E-state index contributed by atoms with van der Waals surface area (Å²) in [6, 6.07) is 6.32. The van der Waals surface area contributed by atoms with Crippen LogP contribution in [0.2, 0.25) is 0 Å². The summed E-state index contributed by atoms with van der Waals surface area (Å²) in [6.45, 7) is 0.882. The highest BCUT2D eigenvalue weighted by Crippen LogP contribution is 2.31. The number of carbonyl (C=O) groups excluding carboxylic acids is 1. The maximum absolute atomic E-state index is 13.6. The predicted octanol–water partition coefficient (Wildman–Crippen LogP) is 2.03. The molecule has 1 fully saturated rings. The summed E-state index contributed by atoms with van der Waals surface area (Å²) in [4.78, 5) is 18.2. The van der Waals surface area contributed by atoms with Gasteiger partial charge >= 0.3 is 0 Å². The van der Waals surface area contributed by atoms with Crippen LogP contribution >= 0.6 is 12.4 Å². The number of nitrogens with zero attached hydrogens (tertiary/aromatic N) is 3. The molecule has 1 aliphatic heterocycles. The molecule has 2 aromatic rings. The van der Waals surface area contributed by atoms with Crippen molar-refractivity contribution >= 4 is 18.3 Å². The van der Waals surface area contributed by atoms with Crippen LogP contribution in [-0.4, -0.2) is 38.6 Å². The van der Waals surface area contributed by atoms with E-state index in [0.29, 0.717) is 37.3 Å². The lowest BCUT2D eigenvalue weighted by atomic mass is 9.90. The molecule has 0 atom stereocenters. The molecule has 0 bridgehead atoms. The number of carbonyl (C=O) groups is 1. The molecule has 130 valence electrons. The molecule has 0 unspecified atom stereocenters. The van der Waals surface area contributed by atoms with Gasteiger partial charge in [0, 0.05) is 45.4 Å². The number of halogens is 2. The number of piperidine rings is 1. The molecule has 24 heavy (non-hydrogen) atoms. The Kier molecular flexibility index (Phi) is 5.62. The second-order valence-corrected chi connectivity index (χ2v) is 6.04. The van der Waals surface area contributed by atoms with Crippen LogP contribution < -0.4 is 0 Å². The minimum Gasteiger partial charge on any atom is -0.382 e. The second kappa shape index (κ2) is 7.32. The Morgan fingerprint density at radius 2 is 2.00 bits per heavy atom. The standard InChI is InChI=1S/C17H20FN3O2.ClH/c1-20-11-8-19-16(20)17(23)6-9-21(10-7-17)15(22)12-13-4-2-3-5-14(13)18;/h2-5,8,11,23H,6-7,9-10,12H2,1H3;1H. The predicted molar refractivity (Wildman–Crippen MR) is 90.3 cm³/mol. The molecular formula is C17H21ClFN3O2. The van der Waals surface area contributed by atoms with E-state index in [9.17, 15) is 14.3 Å². The van der Waals surface area contributed by atoms with Gasteiger partial charge in [-0.25, -0.2) is 9.37 Å². The van der Waals surface area contributed by atoms with Gasteiger partial charge < -0.3 is 14.6 Å². The zero-order valence-corrected chi connectivity index (χ0v) is 14.3. The maximum Gasteiger partial charge on any atom is 0.227 e. The monoisotopic (exact) mass is 353 g/mol.